The Morgan fingerprint density at radius 3 is 2.26 bits per heavy atom. The molecule has 0 saturated carbocycles. The number of carbonyl (C=O) groups is 3. The van der Waals surface area contributed by atoms with Gasteiger partial charge >= 0.3 is 0 Å². The van der Waals surface area contributed by atoms with Crippen LogP contribution in [0.15, 0.2) is 24.3 Å². The smallest absolute Gasteiger partial charge is 0.253 e. The molecule has 0 aliphatic heterocycles. The highest BCUT2D eigenvalue weighted by Crippen LogP contribution is 2.14. The Kier molecular flexibility index (Phi) is 5.90. The van der Waals surface area contributed by atoms with E-state index in [4.69, 9.17) is 0 Å². The van der Waals surface area contributed by atoms with E-state index in [9.17, 15) is 14.4 Å². The van der Waals surface area contributed by atoms with E-state index in [1.165, 1.54) is 4.90 Å². The van der Waals surface area contributed by atoms with Crippen LogP contribution >= 0.6 is 0 Å². The van der Waals surface area contributed by atoms with E-state index in [1.807, 2.05) is 0 Å². The minimum Gasteiger partial charge on any atom is -0.345 e. The van der Waals surface area contributed by atoms with Crippen molar-refractivity contribution in [1.82, 2.24) is 10.2 Å². The zero-order valence-electron chi connectivity index (χ0n) is 14.6. The summed E-state index contributed by atoms with van der Waals surface area (Å²) < 4.78 is 0. The second-order valence-corrected chi connectivity index (χ2v) is 6.71. The lowest BCUT2D eigenvalue weighted by molar-refractivity contribution is -0.131. The van der Waals surface area contributed by atoms with Gasteiger partial charge in [0.15, 0.2) is 0 Å². The van der Waals surface area contributed by atoms with Crippen LogP contribution in [0, 0.1) is 5.41 Å². The Labute approximate surface area is 137 Å². The Hall–Kier alpha value is -2.37. The number of anilines is 1. The largest absolute Gasteiger partial charge is 0.345 e. The molecule has 2 N–H and O–H groups in total. The molecule has 6 nitrogen and oxygen atoms in total. The summed E-state index contributed by atoms with van der Waals surface area (Å²) in [4.78, 5) is 37.5. The van der Waals surface area contributed by atoms with Gasteiger partial charge in [-0.15, -0.1) is 0 Å². The molecule has 1 aromatic carbocycles. The maximum Gasteiger partial charge on any atom is 0.253 e. The number of rotatable bonds is 4. The molecule has 1 rings (SSSR count). The van der Waals surface area contributed by atoms with Gasteiger partial charge in [-0.3, -0.25) is 14.4 Å². The average Bonchev–Trinajstić information content (AvgIpc) is 2.45. The highest BCUT2D eigenvalue weighted by Gasteiger charge is 2.25. The molecule has 1 unspecified atom stereocenters. The second kappa shape index (κ2) is 7.26. The van der Waals surface area contributed by atoms with Gasteiger partial charge in [-0.05, 0) is 25.1 Å². The van der Waals surface area contributed by atoms with Crippen LogP contribution in [0.5, 0.6) is 0 Å². The third-order valence-corrected chi connectivity index (χ3v) is 3.21. The molecule has 3 amide bonds. The van der Waals surface area contributed by atoms with Crippen LogP contribution in [0.4, 0.5) is 5.69 Å². The van der Waals surface area contributed by atoms with Gasteiger partial charge in [0.25, 0.3) is 5.91 Å². The van der Waals surface area contributed by atoms with Crippen molar-refractivity contribution in [1.29, 1.82) is 0 Å². The molecular weight excluding hydrogens is 294 g/mol. The number of carbonyl (C=O) groups excluding carboxylic acids is 3. The van der Waals surface area contributed by atoms with Gasteiger partial charge in [0.1, 0.15) is 6.04 Å². The first-order valence-electron chi connectivity index (χ1n) is 7.46. The topological polar surface area (TPSA) is 78.5 Å². The number of amides is 3. The van der Waals surface area contributed by atoms with Crippen LogP contribution in [-0.4, -0.2) is 42.8 Å². The van der Waals surface area contributed by atoms with Crippen LogP contribution in [-0.2, 0) is 9.59 Å². The van der Waals surface area contributed by atoms with Gasteiger partial charge in [-0.2, -0.15) is 0 Å². The monoisotopic (exact) mass is 319 g/mol. The number of nitrogens with one attached hydrogen (secondary N) is 2. The van der Waals surface area contributed by atoms with Crippen molar-refractivity contribution < 1.29 is 14.4 Å². The van der Waals surface area contributed by atoms with Crippen LogP contribution in [0.3, 0.4) is 0 Å². The second-order valence-electron chi connectivity index (χ2n) is 6.71. The lowest BCUT2D eigenvalue weighted by atomic mass is 9.95. The van der Waals surface area contributed by atoms with E-state index in [0.717, 1.165) is 0 Å². The average molecular weight is 319 g/mol. The van der Waals surface area contributed by atoms with Gasteiger partial charge in [0.2, 0.25) is 11.8 Å². The minimum absolute atomic E-state index is 0.143. The molecule has 6 heteroatoms. The van der Waals surface area contributed by atoms with Crippen molar-refractivity contribution in [3.63, 3.8) is 0 Å². The first-order chi connectivity index (χ1) is 10.5. The van der Waals surface area contributed by atoms with E-state index in [-0.39, 0.29) is 17.7 Å². The number of nitrogens with zero attached hydrogens (tertiary/aromatic N) is 1. The lowest BCUT2D eigenvalue weighted by Gasteiger charge is -2.21. The summed E-state index contributed by atoms with van der Waals surface area (Å²) in [6, 6.07) is 6.02. The number of hydrogen-bond acceptors (Lipinski definition) is 3. The molecule has 0 radical (unpaired) electrons. The summed E-state index contributed by atoms with van der Waals surface area (Å²) in [6.45, 7) is 6.96. The van der Waals surface area contributed by atoms with Gasteiger partial charge in [0.05, 0.1) is 0 Å². The summed E-state index contributed by atoms with van der Waals surface area (Å²) in [6.07, 6.45) is 0. The lowest BCUT2D eigenvalue weighted by Crippen LogP contribution is -2.46. The molecule has 0 aliphatic carbocycles. The Morgan fingerprint density at radius 1 is 1.13 bits per heavy atom. The molecular formula is C17H25N3O3. The van der Waals surface area contributed by atoms with Crippen molar-refractivity contribution >= 4 is 23.4 Å². The SMILES string of the molecule is CC(NC(=O)C(C)(C)C)C(=O)Nc1cccc(C(=O)N(C)C)c1. The quantitative estimate of drug-likeness (QED) is 0.889. The highest BCUT2D eigenvalue weighted by atomic mass is 16.2. The van der Waals surface area contributed by atoms with Crippen LogP contribution in [0.1, 0.15) is 38.1 Å². The fraction of sp³-hybridized carbons (Fsp3) is 0.471. The maximum absolute atomic E-state index is 12.2. The molecule has 0 bridgehead atoms. The van der Waals surface area contributed by atoms with E-state index >= 15 is 0 Å². The first kappa shape index (κ1) is 18.7. The molecule has 23 heavy (non-hydrogen) atoms. The summed E-state index contributed by atoms with van der Waals surface area (Å²) in [7, 11) is 3.33. The minimum atomic E-state index is -0.671. The molecule has 0 saturated heterocycles. The Balaban J connectivity index is 2.76. The number of hydrogen-bond donors (Lipinski definition) is 2. The molecule has 0 aliphatic rings. The zero-order valence-corrected chi connectivity index (χ0v) is 14.6. The van der Waals surface area contributed by atoms with E-state index in [1.54, 1.807) is 66.1 Å². The zero-order chi connectivity index (χ0) is 17.8. The normalized spacial score (nSPS) is 12.3. The van der Waals surface area contributed by atoms with Crippen molar-refractivity contribution in [3.05, 3.63) is 29.8 Å². The van der Waals surface area contributed by atoms with Crippen LogP contribution < -0.4 is 10.6 Å². The predicted molar refractivity (Wildman–Crippen MR) is 90.1 cm³/mol. The molecule has 0 spiro atoms. The molecule has 0 aromatic heterocycles. The summed E-state index contributed by atoms with van der Waals surface area (Å²) >= 11 is 0. The summed E-state index contributed by atoms with van der Waals surface area (Å²) in [5.74, 6) is -0.677. The third-order valence-electron chi connectivity index (χ3n) is 3.21. The van der Waals surface area contributed by atoms with Crippen molar-refractivity contribution in [2.75, 3.05) is 19.4 Å². The van der Waals surface area contributed by atoms with Gasteiger partial charge in [-0.25, -0.2) is 0 Å². The fourth-order valence-electron chi connectivity index (χ4n) is 1.72. The van der Waals surface area contributed by atoms with Gasteiger partial charge in [0, 0.05) is 30.8 Å². The van der Waals surface area contributed by atoms with E-state index in [0.29, 0.717) is 11.3 Å². The van der Waals surface area contributed by atoms with Crippen molar-refractivity contribution in [2.24, 2.45) is 5.41 Å². The predicted octanol–water partition coefficient (Wildman–Crippen LogP) is 1.88. The van der Waals surface area contributed by atoms with E-state index < -0.39 is 11.5 Å². The van der Waals surface area contributed by atoms with Crippen molar-refractivity contribution in [2.45, 2.75) is 33.7 Å². The Morgan fingerprint density at radius 2 is 1.74 bits per heavy atom. The molecule has 0 heterocycles. The molecule has 126 valence electrons. The van der Waals surface area contributed by atoms with Gasteiger partial charge < -0.3 is 15.5 Å². The maximum atomic E-state index is 12.2. The highest BCUT2D eigenvalue weighted by molar-refractivity contribution is 5.99. The van der Waals surface area contributed by atoms with Crippen LogP contribution in [0.25, 0.3) is 0 Å². The number of benzene rings is 1. The van der Waals surface area contributed by atoms with Gasteiger partial charge in [-0.1, -0.05) is 26.8 Å². The molecule has 1 aromatic rings. The van der Waals surface area contributed by atoms with Crippen molar-refractivity contribution in [3.8, 4) is 0 Å². The molecule has 1 atom stereocenters. The molecule has 0 fully saturated rings. The standard InChI is InChI=1S/C17H25N3O3/c1-11(18-16(23)17(2,3)4)14(21)19-13-9-7-8-12(10-13)15(22)20(5)6/h7-11H,1-6H3,(H,18,23)(H,19,21). The summed E-state index contributed by atoms with van der Waals surface area (Å²) in [5.41, 5.74) is 0.436. The van der Waals surface area contributed by atoms with Crippen LogP contribution in [0.2, 0.25) is 0 Å². The fourth-order valence-corrected chi connectivity index (χ4v) is 1.72. The van der Waals surface area contributed by atoms with E-state index in [2.05, 4.69) is 10.6 Å². The first-order valence-corrected chi connectivity index (χ1v) is 7.46. The summed E-state index contributed by atoms with van der Waals surface area (Å²) in [5, 5.41) is 5.38. The Bertz CT molecular complexity index is 603. The third kappa shape index (κ3) is 5.39.